The zero-order valence-corrected chi connectivity index (χ0v) is 18.6. The molecule has 2 rings (SSSR count). The monoisotopic (exact) mass is 438 g/mol. The van der Waals surface area contributed by atoms with Crippen LogP contribution in [-0.2, 0) is 14.8 Å². The van der Waals surface area contributed by atoms with Crippen LogP contribution in [0, 0.1) is 0 Å². The number of amides is 1. The van der Waals surface area contributed by atoms with E-state index >= 15 is 0 Å². The lowest BCUT2D eigenvalue weighted by Gasteiger charge is -2.28. The highest BCUT2D eigenvalue weighted by Gasteiger charge is 2.30. The number of nitrogens with one attached hydrogen (secondary N) is 1. The maximum absolute atomic E-state index is 12.9. The Balaban J connectivity index is 2.36. The zero-order chi connectivity index (χ0) is 22.5. The maximum Gasteiger partial charge on any atom is 0.247 e. The number of carbonyl (C=O) groups is 1. The number of carbonyl (C=O) groups excluding carboxylic acids is 1. The molecule has 0 saturated carbocycles. The van der Waals surface area contributed by atoms with Crippen molar-refractivity contribution in [2.45, 2.75) is 13.0 Å². The van der Waals surface area contributed by atoms with Crippen molar-refractivity contribution < 1.29 is 32.2 Å². The van der Waals surface area contributed by atoms with Gasteiger partial charge in [0.05, 0.1) is 40.4 Å². The molecule has 164 valence electrons. The lowest BCUT2D eigenvalue weighted by molar-refractivity contribution is -0.116. The summed E-state index contributed by atoms with van der Waals surface area (Å²) in [6.45, 7) is 1.49. The fourth-order valence-electron chi connectivity index (χ4n) is 2.93. The highest BCUT2D eigenvalue weighted by Crippen LogP contribution is 2.34. The summed E-state index contributed by atoms with van der Waals surface area (Å²) in [5, 5.41) is 2.70. The van der Waals surface area contributed by atoms with Crippen LogP contribution in [0.5, 0.6) is 23.0 Å². The maximum atomic E-state index is 12.9. The van der Waals surface area contributed by atoms with Gasteiger partial charge in [-0.1, -0.05) is 0 Å². The van der Waals surface area contributed by atoms with Crippen molar-refractivity contribution in [3.05, 3.63) is 36.4 Å². The van der Waals surface area contributed by atoms with Crippen molar-refractivity contribution in [3.8, 4) is 23.0 Å². The van der Waals surface area contributed by atoms with Crippen LogP contribution in [0.3, 0.4) is 0 Å². The highest BCUT2D eigenvalue weighted by molar-refractivity contribution is 7.92. The van der Waals surface area contributed by atoms with Crippen LogP contribution in [0.15, 0.2) is 36.4 Å². The summed E-state index contributed by atoms with van der Waals surface area (Å²) >= 11 is 0. The smallest absolute Gasteiger partial charge is 0.247 e. The lowest BCUT2D eigenvalue weighted by Crippen LogP contribution is -2.45. The lowest BCUT2D eigenvalue weighted by atomic mass is 10.2. The average molecular weight is 439 g/mol. The number of nitrogens with zero attached hydrogens (tertiary/aromatic N) is 1. The second-order valence-corrected chi connectivity index (χ2v) is 8.19. The number of hydrogen-bond donors (Lipinski definition) is 1. The van der Waals surface area contributed by atoms with Gasteiger partial charge in [0.2, 0.25) is 15.9 Å². The van der Waals surface area contributed by atoms with E-state index in [4.69, 9.17) is 18.9 Å². The summed E-state index contributed by atoms with van der Waals surface area (Å²) in [4.78, 5) is 12.9. The highest BCUT2D eigenvalue weighted by atomic mass is 32.2. The average Bonchev–Trinajstić information content (AvgIpc) is 2.72. The van der Waals surface area contributed by atoms with Crippen molar-refractivity contribution in [3.63, 3.8) is 0 Å². The molecule has 0 fully saturated rings. The molecule has 1 atom stereocenters. The molecule has 0 aliphatic heterocycles. The Morgan fingerprint density at radius 3 is 1.87 bits per heavy atom. The molecule has 2 aromatic carbocycles. The van der Waals surface area contributed by atoms with Crippen molar-refractivity contribution in [2.75, 3.05) is 44.3 Å². The molecule has 0 heterocycles. The van der Waals surface area contributed by atoms with Gasteiger partial charge in [-0.05, 0) is 31.2 Å². The molecule has 0 aliphatic carbocycles. The second kappa shape index (κ2) is 9.57. The van der Waals surface area contributed by atoms with Gasteiger partial charge in [0.15, 0.2) is 23.0 Å². The summed E-state index contributed by atoms with van der Waals surface area (Å²) in [5.41, 5.74) is 0.704. The molecule has 10 heteroatoms. The van der Waals surface area contributed by atoms with Crippen LogP contribution in [0.4, 0.5) is 11.4 Å². The van der Waals surface area contributed by atoms with Crippen LogP contribution < -0.4 is 28.6 Å². The van der Waals surface area contributed by atoms with Crippen LogP contribution in [0.25, 0.3) is 0 Å². The van der Waals surface area contributed by atoms with Crippen LogP contribution in [-0.4, -0.2) is 55.1 Å². The Hall–Kier alpha value is -3.14. The standard InChI is InChI=1S/C20H26N2O7S/c1-13(20(23)21-14-7-9-16(26-2)18(11-14)28-4)22(30(6,24)25)15-8-10-17(27-3)19(12-15)29-5/h7-13H,1-6H3,(H,21,23)/t13-/m1/s1. The SMILES string of the molecule is COc1ccc(NC(=O)[C@@H](C)N(c2ccc(OC)c(OC)c2)S(C)(=O)=O)cc1OC. The van der Waals surface area contributed by atoms with Gasteiger partial charge < -0.3 is 24.3 Å². The third kappa shape index (κ3) is 5.07. The Labute approximate surface area is 176 Å². The Kier molecular flexibility index (Phi) is 7.38. The molecular weight excluding hydrogens is 412 g/mol. The zero-order valence-electron chi connectivity index (χ0n) is 17.8. The molecular formula is C20H26N2O7S. The number of sulfonamides is 1. The minimum Gasteiger partial charge on any atom is -0.493 e. The van der Waals surface area contributed by atoms with Gasteiger partial charge in [-0.2, -0.15) is 0 Å². The number of ether oxygens (including phenoxy) is 4. The van der Waals surface area contributed by atoms with E-state index in [1.165, 1.54) is 41.4 Å². The molecule has 30 heavy (non-hydrogen) atoms. The first-order valence-corrected chi connectivity index (χ1v) is 10.7. The number of anilines is 2. The summed E-state index contributed by atoms with van der Waals surface area (Å²) in [5.74, 6) is 1.20. The van der Waals surface area contributed by atoms with Crippen molar-refractivity contribution in [1.29, 1.82) is 0 Å². The first-order valence-electron chi connectivity index (χ1n) is 8.90. The number of benzene rings is 2. The van der Waals surface area contributed by atoms with Gasteiger partial charge in [0.1, 0.15) is 6.04 Å². The van der Waals surface area contributed by atoms with Crippen LogP contribution in [0.2, 0.25) is 0 Å². The van der Waals surface area contributed by atoms with Gasteiger partial charge in [-0.15, -0.1) is 0 Å². The predicted octanol–water partition coefficient (Wildman–Crippen LogP) is 2.51. The molecule has 9 nitrogen and oxygen atoms in total. The Morgan fingerprint density at radius 1 is 0.867 bits per heavy atom. The largest absolute Gasteiger partial charge is 0.493 e. The van der Waals surface area contributed by atoms with E-state index in [2.05, 4.69) is 5.32 Å². The molecule has 0 aromatic heterocycles. The van der Waals surface area contributed by atoms with E-state index < -0.39 is 22.0 Å². The van der Waals surface area contributed by atoms with Crippen molar-refractivity contribution in [2.24, 2.45) is 0 Å². The fourth-order valence-corrected chi connectivity index (χ4v) is 4.10. The topological polar surface area (TPSA) is 103 Å². The van der Waals surface area contributed by atoms with E-state index in [9.17, 15) is 13.2 Å². The van der Waals surface area contributed by atoms with Gasteiger partial charge >= 0.3 is 0 Å². The first kappa shape index (κ1) is 23.1. The van der Waals surface area contributed by atoms with Gasteiger partial charge in [-0.25, -0.2) is 8.42 Å². The normalized spacial score (nSPS) is 11.9. The molecule has 0 radical (unpaired) electrons. The van der Waals surface area contributed by atoms with E-state index in [0.717, 1.165) is 10.6 Å². The summed E-state index contributed by atoms with van der Waals surface area (Å²) in [6, 6.07) is 8.43. The van der Waals surface area contributed by atoms with E-state index in [0.29, 0.717) is 28.7 Å². The van der Waals surface area contributed by atoms with Crippen LogP contribution in [0.1, 0.15) is 6.92 Å². The minimum atomic E-state index is -3.79. The van der Waals surface area contributed by atoms with Crippen LogP contribution >= 0.6 is 0 Å². The molecule has 0 bridgehead atoms. The van der Waals surface area contributed by atoms with E-state index in [-0.39, 0.29) is 5.69 Å². The van der Waals surface area contributed by atoms with Gasteiger partial charge in [-0.3, -0.25) is 9.10 Å². The minimum absolute atomic E-state index is 0.269. The molecule has 2 aromatic rings. The summed E-state index contributed by atoms with van der Waals surface area (Å²) in [6.07, 6.45) is 1.03. The predicted molar refractivity (Wildman–Crippen MR) is 115 cm³/mol. The third-order valence-electron chi connectivity index (χ3n) is 4.36. The number of rotatable bonds is 9. The molecule has 1 amide bonds. The summed E-state index contributed by atoms with van der Waals surface area (Å²) in [7, 11) is 2.12. The fraction of sp³-hybridized carbons (Fsp3) is 0.350. The van der Waals surface area contributed by atoms with E-state index in [1.54, 1.807) is 30.3 Å². The molecule has 0 unspecified atom stereocenters. The van der Waals surface area contributed by atoms with Gasteiger partial charge in [0, 0.05) is 17.8 Å². The third-order valence-corrected chi connectivity index (χ3v) is 5.60. The van der Waals surface area contributed by atoms with Gasteiger partial charge in [0.25, 0.3) is 0 Å². The molecule has 0 saturated heterocycles. The Morgan fingerprint density at radius 2 is 1.37 bits per heavy atom. The molecule has 0 spiro atoms. The molecule has 0 aliphatic rings. The summed E-state index contributed by atoms with van der Waals surface area (Å²) < 4.78 is 46.9. The quantitative estimate of drug-likeness (QED) is 0.642. The van der Waals surface area contributed by atoms with Crippen molar-refractivity contribution in [1.82, 2.24) is 0 Å². The number of methoxy groups -OCH3 is 4. The molecule has 1 N–H and O–H groups in total. The van der Waals surface area contributed by atoms with E-state index in [1.807, 2.05) is 0 Å². The second-order valence-electron chi connectivity index (χ2n) is 6.33. The van der Waals surface area contributed by atoms with Crippen molar-refractivity contribution >= 4 is 27.3 Å². The Bertz CT molecular complexity index is 1010. The number of hydrogen-bond acceptors (Lipinski definition) is 7. The first-order chi connectivity index (χ1) is 14.2.